The molecule has 3 heterocycles. The SMILES string of the molecule is Cc1n[nH]c(C)c1-c1c(C(=O)O)[nH]c2c([C@H](C)N3CC4(CC(CN)C4)OC3=O)cccc12. The van der Waals surface area contributed by atoms with Gasteiger partial charge in [0.25, 0.3) is 0 Å². The summed E-state index contributed by atoms with van der Waals surface area (Å²) in [5, 5.41) is 17.9. The maximum atomic E-state index is 12.7. The van der Waals surface area contributed by atoms with E-state index in [2.05, 4.69) is 15.2 Å². The average Bonchev–Trinajstić information content (AvgIpc) is 3.39. The smallest absolute Gasteiger partial charge is 0.411 e. The van der Waals surface area contributed by atoms with Gasteiger partial charge < -0.3 is 20.6 Å². The molecule has 32 heavy (non-hydrogen) atoms. The van der Waals surface area contributed by atoms with Gasteiger partial charge in [0.15, 0.2) is 0 Å². The molecule has 1 aliphatic carbocycles. The lowest BCUT2D eigenvalue weighted by Gasteiger charge is -2.42. The second-order valence-electron chi connectivity index (χ2n) is 9.12. The maximum absolute atomic E-state index is 12.7. The normalized spacial score (nSPS) is 23.6. The number of aryl methyl sites for hydroxylation is 2. The van der Waals surface area contributed by atoms with Crippen molar-refractivity contribution < 1.29 is 19.4 Å². The first-order valence-corrected chi connectivity index (χ1v) is 10.8. The van der Waals surface area contributed by atoms with Gasteiger partial charge in [-0.1, -0.05) is 18.2 Å². The summed E-state index contributed by atoms with van der Waals surface area (Å²) in [6.45, 7) is 6.79. The number of hydrogen-bond acceptors (Lipinski definition) is 5. The number of aromatic nitrogens is 3. The van der Waals surface area contributed by atoms with Crippen LogP contribution in [0.1, 0.15) is 53.2 Å². The number of carboxylic acid groups (broad SMARTS) is 1. The van der Waals surface area contributed by atoms with E-state index < -0.39 is 11.6 Å². The highest BCUT2D eigenvalue weighted by Gasteiger charge is 2.54. The number of para-hydroxylation sites is 1. The minimum atomic E-state index is -1.04. The van der Waals surface area contributed by atoms with Crippen molar-refractivity contribution in [3.8, 4) is 11.1 Å². The summed E-state index contributed by atoms with van der Waals surface area (Å²) >= 11 is 0. The third kappa shape index (κ3) is 2.91. The van der Waals surface area contributed by atoms with Gasteiger partial charge in [-0.25, -0.2) is 9.59 Å². The van der Waals surface area contributed by atoms with Gasteiger partial charge in [0.2, 0.25) is 0 Å². The molecule has 0 radical (unpaired) electrons. The van der Waals surface area contributed by atoms with Gasteiger partial charge in [-0.2, -0.15) is 5.10 Å². The zero-order valence-corrected chi connectivity index (χ0v) is 18.4. The van der Waals surface area contributed by atoms with E-state index in [9.17, 15) is 14.7 Å². The van der Waals surface area contributed by atoms with Gasteiger partial charge in [-0.15, -0.1) is 0 Å². The second-order valence-corrected chi connectivity index (χ2v) is 9.12. The number of carboxylic acids is 1. The van der Waals surface area contributed by atoms with Crippen LogP contribution in [0.4, 0.5) is 4.79 Å². The van der Waals surface area contributed by atoms with Crippen LogP contribution in [-0.2, 0) is 4.74 Å². The molecular weight excluding hydrogens is 410 g/mol. The molecule has 1 saturated carbocycles. The summed E-state index contributed by atoms with van der Waals surface area (Å²) in [7, 11) is 0. The molecule has 1 aromatic carbocycles. The van der Waals surface area contributed by atoms with Crippen LogP contribution in [0.25, 0.3) is 22.0 Å². The van der Waals surface area contributed by atoms with Crippen molar-refractivity contribution in [2.45, 2.75) is 45.3 Å². The van der Waals surface area contributed by atoms with E-state index in [-0.39, 0.29) is 17.8 Å². The number of benzene rings is 1. The number of fused-ring (bicyclic) bond motifs is 1. The van der Waals surface area contributed by atoms with E-state index in [4.69, 9.17) is 10.5 Å². The van der Waals surface area contributed by atoms with Gasteiger partial charge in [0.05, 0.1) is 23.8 Å². The van der Waals surface area contributed by atoms with Crippen LogP contribution < -0.4 is 5.73 Å². The summed E-state index contributed by atoms with van der Waals surface area (Å²) in [6, 6.07) is 5.43. The van der Waals surface area contributed by atoms with Crippen LogP contribution in [0.2, 0.25) is 0 Å². The first kappa shape index (κ1) is 20.6. The van der Waals surface area contributed by atoms with Crippen LogP contribution in [0.15, 0.2) is 18.2 Å². The fourth-order valence-corrected chi connectivity index (χ4v) is 5.41. The molecule has 1 spiro atoms. The molecular formula is C23H27N5O4. The minimum absolute atomic E-state index is 0.109. The predicted molar refractivity (Wildman–Crippen MR) is 118 cm³/mol. The van der Waals surface area contributed by atoms with E-state index in [0.717, 1.165) is 40.7 Å². The highest BCUT2D eigenvalue weighted by molar-refractivity contribution is 6.09. The maximum Gasteiger partial charge on any atom is 0.411 e. The molecule has 0 unspecified atom stereocenters. The quantitative estimate of drug-likeness (QED) is 0.482. The van der Waals surface area contributed by atoms with Crippen molar-refractivity contribution >= 4 is 23.0 Å². The largest absolute Gasteiger partial charge is 0.477 e. The Bertz CT molecular complexity index is 1220. The predicted octanol–water partition coefficient (Wildman–Crippen LogP) is 3.49. The Morgan fingerprint density at radius 1 is 1.38 bits per heavy atom. The van der Waals surface area contributed by atoms with Gasteiger partial charge in [-0.05, 0) is 51.6 Å². The molecule has 1 amide bonds. The van der Waals surface area contributed by atoms with Gasteiger partial charge in [0, 0.05) is 22.2 Å². The van der Waals surface area contributed by atoms with E-state index in [1.807, 2.05) is 39.0 Å². The summed E-state index contributed by atoms with van der Waals surface area (Å²) in [5.74, 6) is -0.649. The molecule has 1 saturated heterocycles. The Morgan fingerprint density at radius 2 is 2.12 bits per heavy atom. The summed E-state index contributed by atoms with van der Waals surface area (Å²) < 4.78 is 5.76. The molecule has 3 aromatic rings. The van der Waals surface area contributed by atoms with Crippen molar-refractivity contribution in [2.75, 3.05) is 13.1 Å². The number of nitrogens with zero attached hydrogens (tertiary/aromatic N) is 2. The molecule has 2 aromatic heterocycles. The lowest BCUT2D eigenvalue weighted by molar-refractivity contribution is -0.0439. The number of aromatic amines is 2. The van der Waals surface area contributed by atoms with E-state index in [1.165, 1.54) is 0 Å². The molecule has 9 nitrogen and oxygen atoms in total. The topological polar surface area (TPSA) is 137 Å². The number of H-pyrrole nitrogens is 2. The number of hydrogen-bond donors (Lipinski definition) is 4. The van der Waals surface area contributed by atoms with E-state index in [0.29, 0.717) is 30.1 Å². The van der Waals surface area contributed by atoms with Gasteiger partial charge in [0.1, 0.15) is 11.3 Å². The first-order valence-electron chi connectivity index (χ1n) is 10.8. The number of ether oxygens (including phenoxy) is 1. The van der Waals surface area contributed by atoms with E-state index >= 15 is 0 Å². The molecule has 5 N–H and O–H groups in total. The van der Waals surface area contributed by atoms with Crippen LogP contribution in [-0.4, -0.2) is 55.9 Å². The Kier molecular flexibility index (Phi) is 4.56. The highest BCUT2D eigenvalue weighted by atomic mass is 16.6. The third-order valence-corrected chi connectivity index (χ3v) is 7.03. The molecule has 1 aliphatic heterocycles. The standard InChI is InChI=1S/C23H27N5O4/c1-11-17(12(2)27-26-11)18-16-6-4-5-15(19(16)25-20(18)21(29)30)13(3)28-10-23(32-22(28)31)7-14(8-23)9-24/h4-6,13-14,25H,7-10,24H2,1-3H3,(H,26,27)(H,29,30)/t13-,14?,23?/m0/s1. The van der Waals surface area contributed by atoms with Crippen molar-refractivity contribution in [3.63, 3.8) is 0 Å². The molecule has 2 aliphatic rings. The number of rotatable bonds is 5. The first-order chi connectivity index (χ1) is 15.2. The number of carbonyl (C=O) groups is 2. The summed E-state index contributed by atoms with van der Waals surface area (Å²) in [4.78, 5) is 29.7. The third-order valence-electron chi connectivity index (χ3n) is 7.03. The summed E-state index contributed by atoms with van der Waals surface area (Å²) in [5.41, 5.74) is 9.89. The minimum Gasteiger partial charge on any atom is -0.477 e. The molecule has 0 bridgehead atoms. The van der Waals surface area contributed by atoms with Crippen LogP contribution in [0.3, 0.4) is 0 Å². The van der Waals surface area contributed by atoms with Gasteiger partial charge >= 0.3 is 12.1 Å². The molecule has 5 rings (SSSR count). The molecule has 2 fully saturated rings. The van der Waals surface area contributed by atoms with Crippen molar-refractivity contribution in [3.05, 3.63) is 40.8 Å². The van der Waals surface area contributed by atoms with Crippen LogP contribution in [0, 0.1) is 19.8 Å². The molecule has 9 heteroatoms. The fourth-order valence-electron chi connectivity index (χ4n) is 5.41. The number of aromatic carboxylic acids is 1. The number of carbonyl (C=O) groups excluding carboxylic acids is 1. The Balaban J connectivity index is 1.58. The Labute approximate surface area is 184 Å². The summed E-state index contributed by atoms with van der Waals surface area (Å²) in [6.07, 6.45) is 1.24. The molecule has 1 atom stereocenters. The van der Waals surface area contributed by atoms with Crippen LogP contribution in [0.5, 0.6) is 0 Å². The monoisotopic (exact) mass is 437 g/mol. The van der Waals surface area contributed by atoms with Gasteiger partial charge in [-0.3, -0.25) is 10.00 Å². The highest BCUT2D eigenvalue weighted by Crippen LogP contribution is 2.47. The Morgan fingerprint density at radius 3 is 2.75 bits per heavy atom. The molecule has 168 valence electrons. The second kappa shape index (κ2) is 7.09. The Hall–Kier alpha value is -3.33. The van der Waals surface area contributed by atoms with Crippen molar-refractivity contribution in [1.82, 2.24) is 20.1 Å². The van der Waals surface area contributed by atoms with Crippen molar-refractivity contribution in [2.24, 2.45) is 11.7 Å². The lowest BCUT2D eigenvalue weighted by Crippen LogP contribution is -2.49. The zero-order valence-electron chi connectivity index (χ0n) is 18.4. The number of amides is 1. The number of nitrogens with one attached hydrogen (secondary N) is 2. The zero-order chi connectivity index (χ0) is 22.8. The van der Waals surface area contributed by atoms with Crippen LogP contribution >= 0.6 is 0 Å². The average molecular weight is 438 g/mol. The lowest BCUT2D eigenvalue weighted by atomic mass is 9.71. The van der Waals surface area contributed by atoms with Crippen molar-refractivity contribution in [1.29, 1.82) is 0 Å². The fraction of sp³-hybridized carbons (Fsp3) is 0.435. The van der Waals surface area contributed by atoms with E-state index in [1.54, 1.807) is 4.90 Å². The number of nitrogens with two attached hydrogens (primary N) is 1.